The third-order valence-corrected chi connectivity index (χ3v) is 4.35. The Bertz CT molecular complexity index is 701. The zero-order valence-corrected chi connectivity index (χ0v) is 14.6. The Kier molecular flexibility index (Phi) is 5.48. The number of aryl methyl sites for hydroxylation is 1. The van der Waals surface area contributed by atoms with Crippen LogP contribution in [0.4, 0.5) is 0 Å². The summed E-state index contributed by atoms with van der Waals surface area (Å²) < 4.78 is 10.8. The molecule has 1 aliphatic heterocycles. The number of nitrogens with zero attached hydrogens (tertiary/aromatic N) is 3. The Morgan fingerprint density at radius 3 is 2.64 bits per heavy atom. The van der Waals surface area contributed by atoms with Crippen LogP contribution in [-0.2, 0) is 0 Å². The van der Waals surface area contributed by atoms with Gasteiger partial charge in [0.05, 0.1) is 13.7 Å². The van der Waals surface area contributed by atoms with Crippen LogP contribution in [0.2, 0.25) is 0 Å². The Labute approximate surface area is 147 Å². The van der Waals surface area contributed by atoms with Crippen molar-refractivity contribution in [1.29, 1.82) is 0 Å². The van der Waals surface area contributed by atoms with Crippen molar-refractivity contribution >= 4 is 5.91 Å². The summed E-state index contributed by atoms with van der Waals surface area (Å²) >= 11 is 0. The van der Waals surface area contributed by atoms with Gasteiger partial charge in [-0.25, -0.2) is 9.97 Å². The first-order valence-electron chi connectivity index (χ1n) is 8.50. The minimum atomic E-state index is 0.0546. The number of piperidine rings is 1. The molecule has 0 saturated carbocycles. The molecule has 1 saturated heterocycles. The molecular weight excluding hydrogens is 318 g/mol. The standard InChI is InChI=1S/C19H23N3O3/c1-14-10-20-19(21-11-14)25-13-15-4-3-9-22(12-15)18(23)16-5-7-17(24-2)8-6-16/h5-8,10-11,15H,3-4,9,12-13H2,1-2H3. The van der Waals surface area contributed by atoms with Crippen LogP contribution in [0.25, 0.3) is 0 Å². The third kappa shape index (κ3) is 4.47. The lowest BCUT2D eigenvalue weighted by atomic mass is 9.98. The molecule has 1 amide bonds. The van der Waals surface area contributed by atoms with E-state index in [-0.39, 0.29) is 5.91 Å². The van der Waals surface area contributed by atoms with Gasteiger partial charge in [-0.15, -0.1) is 0 Å². The molecule has 0 radical (unpaired) electrons. The lowest BCUT2D eigenvalue weighted by Gasteiger charge is -2.32. The van der Waals surface area contributed by atoms with Gasteiger partial charge in [0.25, 0.3) is 5.91 Å². The maximum absolute atomic E-state index is 12.7. The smallest absolute Gasteiger partial charge is 0.316 e. The molecule has 25 heavy (non-hydrogen) atoms. The number of amides is 1. The van der Waals surface area contributed by atoms with Crippen molar-refractivity contribution in [2.45, 2.75) is 19.8 Å². The monoisotopic (exact) mass is 341 g/mol. The average Bonchev–Trinajstić information content (AvgIpc) is 2.67. The molecule has 0 bridgehead atoms. The van der Waals surface area contributed by atoms with Crippen molar-refractivity contribution in [3.8, 4) is 11.8 Å². The van der Waals surface area contributed by atoms with Crippen molar-refractivity contribution in [2.24, 2.45) is 5.92 Å². The van der Waals surface area contributed by atoms with Gasteiger partial charge < -0.3 is 14.4 Å². The highest BCUT2D eigenvalue weighted by Gasteiger charge is 2.25. The van der Waals surface area contributed by atoms with E-state index in [9.17, 15) is 4.79 Å². The summed E-state index contributed by atoms with van der Waals surface area (Å²) in [5.74, 6) is 1.10. The van der Waals surface area contributed by atoms with Crippen molar-refractivity contribution < 1.29 is 14.3 Å². The van der Waals surface area contributed by atoms with Crippen LogP contribution < -0.4 is 9.47 Å². The molecule has 2 heterocycles. The van der Waals surface area contributed by atoms with Crippen molar-refractivity contribution in [1.82, 2.24) is 14.9 Å². The number of methoxy groups -OCH3 is 1. The highest BCUT2D eigenvalue weighted by molar-refractivity contribution is 5.94. The number of aromatic nitrogens is 2. The average molecular weight is 341 g/mol. The normalized spacial score (nSPS) is 17.2. The lowest BCUT2D eigenvalue weighted by molar-refractivity contribution is 0.0628. The minimum absolute atomic E-state index is 0.0546. The van der Waals surface area contributed by atoms with Gasteiger partial charge in [-0.05, 0) is 49.6 Å². The van der Waals surface area contributed by atoms with E-state index >= 15 is 0 Å². The number of carbonyl (C=O) groups is 1. The summed E-state index contributed by atoms with van der Waals surface area (Å²) in [6.45, 7) is 3.93. The second-order valence-corrected chi connectivity index (χ2v) is 6.34. The van der Waals surface area contributed by atoms with Crippen molar-refractivity contribution in [3.63, 3.8) is 0 Å². The van der Waals surface area contributed by atoms with Crippen LogP contribution in [0.1, 0.15) is 28.8 Å². The van der Waals surface area contributed by atoms with E-state index in [1.165, 1.54) is 0 Å². The number of benzene rings is 1. The van der Waals surface area contributed by atoms with Crippen LogP contribution in [0, 0.1) is 12.8 Å². The number of hydrogen-bond donors (Lipinski definition) is 0. The van der Waals surface area contributed by atoms with E-state index in [0.29, 0.717) is 30.6 Å². The van der Waals surface area contributed by atoms with E-state index in [0.717, 1.165) is 30.7 Å². The fourth-order valence-corrected chi connectivity index (χ4v) is 2.95. The first kappa shape index (κ1) is 17.2. The molecule has 0 N–H and O–H groups in total. The lowest BCUT2D eigenvalue weighted by Crippen LogP contribution is -2.41. The molecule has 0 aliphatic carbocycles. The number of rotatable bonds is 5. The van der Waals surface area contributed by atoms with Crippen molar-refractivity contribution in [2.75, 3.05) is 26.8 Å². The van der Waals surface area contributed by atoms with E-state index in [4.69, 9.17) is 9.47 Å². The molecule has 6 heteroatoms. The number of carbonyl (C=O) groups excluding carboxylic acids is 1. The Hall–Kier alpha value is -2.63. The molecule has 1 fully saturated rings. The first-order valence-corrected chi connectivity index (χ1v) is 8.50. The second kappa shape index (κ2) is 7.96. The summed E-state index contributed by atoms with van der Waals surface area (Å²) in [4.78, 5) is 22.9. The number of hydrogen-bond acceptors (Lipinski definition) is 5. The second-order valence-electron chi connectivity index (χ2n) is 6.34. The Morgan fingerprint density at radius 1 is 1.24 bits per heavy atom. The quantitative estimate of drug-likeness (QED) is 0.837. The van der Waals surface area contributed by atoms with E-state index in [1.54, 1.807) is 31.6 Å². The van der Waals surface area contributed by atoms with Crippen LogP contribution in [0.15, 0.2) is 36.7 Å². The highest BCUT2D eigenvalue weighted by Crippen LogP contribution is 2.20. The van der Waals surface area contributed by atoms with Gasteiger partial charge in [0.1, 0.15) is 5.75 Å². The predicted octanol–water partition coefficient (Wildman–Crippen LogP) is 2.72. The molecular formula is C19H23N3O3. The predicted molar refractivity (Wildman–Crippen MR) is 93.9 cm³/mol. The highest BCUT2D eigenvalue weighted by atomic mass is 16.5. The maximum atomic E-state index is 12.7. The van der Waals surface area contributed by atoms with Crippen LogP contribution in [-0.4, -0.2) is 47.6 Å². The summed E-state index contributed by atoms with van der Waals surface area (Å²) in [7, 11) is 1.61. The number of ether oxygens (including phenoxy) is 2. The van der Waals surface area contributed by atoms with Gasteiger partial charge in [-0.1, -0.05) is 0 Å². The summed E-state index contributed by atoms with van der Waals surface area (Å²) in [5.41, 5.74) is 1.69. The Morgan fingerprint density at radius 2 is 1.96 bits per heavy atom. The number of likely N-dealkylation sites (tertiary alicyclic amines) is 1. The third-order valence-electron chi connectivity index (χ3n) is 4.35. The molecule has 1 atom stereocenters. The summed E-state index contributed by atoms with van der Waals surface area (Å²) in [6, 6.07) is 7.63. The van der Waals surface area contributed by atoms with E-state index in [1.807, 2.05) is 24.0 Å². The van der Waals surface area contributed by atoms with Crippen molar-refractivity contribution in [3.05, 3.63) is 47.8 Å². The Balaban J connectivity index is 1.56. The molecule has 1 unspecified atom stereocenters. The van der Waals surface area contributed by atoms with E-state index < -0.39 is 0 Å². The van der Waals surface area contributed by atoms with E-state index in [2.05, 4.69) is 9.97 Å². The fraction of sp³-hybridized carbons (Fsp3) is 0.421. The summed E-state index contributed by atoms with van der Waals surface area (Å²) in [6.07, 6.45) is 5.49. The van der Waals surface area contributed by atoms with Gasteiger partial charge in [0.2, 0.25) is 0 Å². The van der Waals surface area contributed by atoms with Gasteiger partial charge in [-0.2, -0.15) is 0 Å². The minimum Gasteiger partial charge on any atom is -0.497 e. The molecule has 1 aromatic carbocycles. The molecule has 3 rings (SSSR count). The molecule has 2 aromatic rings. The van der Waals surface area contributed by atoms with Gasteiger partial charge in [0.15, 0.2) is 0 Å². The first-order chi connectivity index (χ1) is 12.2. The summed E-state index contributed by atoms with van der Waals surface area (Å²) in [5, 5.41) is 0. The zero-order chi connectivity index (χ0) is 17.6. The largest absolute Gasteiger partial charge is 0.497 e. The van der Waals surface area contributed by atoms with Crippen LogP contribution >= 0.6 is 0 Å². The van der Waals surface area contributed by atoms with Gasteiger partial charge >= 0.3 is 6.01 Å². The fourth-order valence-electron chi connectivity index (χ4n) is 2.95. The van der Waals surface area contributed by atoms with Crippen LogP contribution in [0.5, 0.6) is 11.8 Å². The molecule has 132 valence electrons. The van der Waals surface area contributed by atoms with Gasteiger partial charge in [-0.3, -0.25) is 4.79 Å². The molecule has 1 aliphatic rings. The maximum Gasteiger partial charge on any atom is 0.316 e. The molecule has 6 nitrogen and oxygen atoms in total. The topological polar surface area (TPSA) is 64.5 Å². The van der Waals surface area contributed by atoms with Gasteiger partial charge in [0, 0.05) is 37.0 Å². The molecule has 0 spiro atoms. The zero-order valence-electron chi connectivity index (χ0n) is 14.6. The molecule has 1 aromatic heterocycles. The van der Waals surface area contributed by atoms with Crippen LogP contribution in [0.3, 0.4) is 0 Å². The SMILES string of the molecule is COc1ccc(C(=O)N2CCCC(COc3ncc(C)cn3)C2)cc1.